The minimum absolute atomic E-state index is 0.0360. The maximum absolute atomic E-state index is 12.6. The van der Waals surface area contributed by atoms with Crippen LogP contribution in [0.15, 0.2) is 48.5 Å². The van der Waals surface area contributed by atoms with Crippen LogP contribution in [0.5, 0.6) is 0 Å². The van der Waals surface area contributed by atoms with Gasteiger partial charge < -0.3 is 9.80 Å². The lowest BCUT2D eigenvalue weighted by atomic mass is 10.00. The molecule has 0 atom stereocenters. The van der Waals surface area contributed by atoms with Crippen molar-refractivity contribution in [2.24, 2.45) is 0 Å². The largest absolute Gasteiger partial charge is 0.338 e. The molecule has 0 saturated carbocycles. The van der Waals surface area contributed by atoms with Crippen LogP contribution in [0.4, 0.5) is 5.69 Å². The zero-order valence-corrected chi connectivity index (χ0v) is 14.9. The van der Waals surface area contributed by atoms with Gasteiger partial charge >= 0.3 is 0 Å². The molecule has 25 heavy (non-hydrogen) atoms. The number of nitrogens with zero attached hydrogens (tertiary/aromatic N) is 2. The molecule has 0 radical (unpaired) electrons. The number of hydrogen-bond donors (Lipinski definition) is 0. The minimum Gasteiger partial charge on any atom is -0.338 e. The van der Waals surface area contributed by atoms with Gasteiger partial charge in [-0.25, -0.2) is 0 Å². The van der Waals surface area contributed by atoms with Crippen LogP contribution < -0.4 is 4.90 Å². The van der Waals surface area contributed by atoms with E-state index in [9.17, 15) is 9.59 Å². The summed E-state index contributed by atoms with van der Waals surface area (Å²) in [5.74, 6) is 0.0698. The average Bonchev–Trinajstić information content (AvgIpc) is 2.62. The predicted octanol–water partition coefficient (Wildman–Crippen LogP) is 3.32. The molecule has 0 N–H and O–H groups in total. The first-order valence-electron chi connectivity index (χ1n) is 8.74. The van der Waals surface area contributed by atoms with Gasteiger partial charge in [-0.05, 0) is 36.1 Å². The van der Waals surface area contributed by atoms with Crippen LogP contribution in [-0.2, 0) is 22.6 Å². The fourth-order valence-corrected chi connectivity index (χ4v) is 3.39. The molecular formula is C21H24N2O2. The van der Waals surface area contributed by atoms with Crippen LogP contribution in [-0.4, -0.2) is 29.8 Å². The van der Waals surface area contributed by atoms with Gasteiger partial charge in [0.2, 0.25) is 11.8 Å². The van der Waals surface area contributed by atoms with E-state index in [0.717, 1.165) is 24.2 Å². The molecule has 0 unspecified atom stereocenters. The molecule has 130 valence electrons. The third-order valence-electron chi connectivity index (χ3n) is 4.82. The minimum atomic E-state index is -0.0360. The van der Waals surface area contributed by atoms with E-state index in [0.29, 0.717) is 19.5 Å². The van der Waals surface area contributed by atoms with Crippen molar-refractivity contribution in [2.75, 3.05) is 18.0 Å². The third-order valence-corrected chi connectivity index (χ3v) is 4.82. The van der Waals surface area contributed by atoms with Crippen LogP contribution in [0.3, 0.4) is 0 Å². The van der Waals surface area contributed by atoms with Gasteiger partial charge in [0.05, 0.1) is 0 Å². The Hall–Kier alpha value is -2.62. The molecule has 3 rings (SSSR count). The normalized spacial score (nSPS) is 13.3. The Kier molecular flexibility index (Phi) is 5.17. The number of amides is 2. The summed E-state index contributed by atoms with van der Waals surface area (Å²) in [6.07, 6.45) is 1.24. The maximum atomic E-state index is 12.6. The highest BCUT2D eigenvalue weighted by Gasteiger charge is 2.22. The number of aryl methyl sites for hydroxylation is 1. The molecule has 2 aromatic rings. The molecule has 1 aliphatic heterocycles. The van der Waals surface area contributed by atoms with Crippen LogP contribution in [0.25, 0.3) is 0 Å². The smallest absolute Gasteiger partial charge is 0.224 e. The highest BCUT2D eigenvalue weighted by atomic mass is 16.2. The van der Waals surface area contributed by atoms with E-state index in [1.807, 2.05) is 48.2 Å². The molecule has 1 aliphatic rings. The fourth-order valence-electron chi connectivity index (χ4n) is 3.39. The van der Waals surface area contributed by atoms with E-state index in [2.05, 4.69) is 12.1 Å². The van der Waals surface area contributed by atoms with E-state index in [1.165, 1.54) is 11.1 Å². The second-order valence-electron chi connectivity index (χ2n) is 6.54. The number of hydrogen-bond acceptors (Lipinski definition) is 2. The summed E-state index contributed by atoms with van der Waals surface area (Å²) in [4.78, 5) is 28.3. The predicted molar refractivity (Wildman–Crippen MR) is 99.4 cm³/mol. The van der Waals surface area contributed by atoms with Crippen LogP contribution in [0.1, 0.15) is 30.0 Å². The van der Waals surface area contributed by atoms with Gasteiger partial charge in [-0.3, -0.25) is 9.59 Å². The summed E-state index contributed by atoms with van der Waals surface area (Å²) in [7, 11) is 0. The van der Waals surface area contributed by atoms with Crippen molar-refractivity contribution in [3.63, 3.8) is 0 Å². The number of anilines is 1. The molecule has 0 bridgehead atoms. The van der Waals surface area contributed by atoms with Crippen molar-refractivity contribution in [2.45, 2.75) is 33.2 Å². The molecule has 0 aliphatic carbocycles. The Morgan fingerprint density at radius 1 is 1.04 bits per heavy atom. The number of para-hydroxylation sites is 1. The molecule has 0 saturated heterocycles. The first-order chi connectivity index (χ1) is 12.1. The first-order valence-corrected chi connectivity index (χ1v) is 8.74. The lowest BCUT2D eigenvalue weighted by Gasteiger charge is -2.30. The van der Waals surface area contributed by atoms with Gasteiger partial charge in [0, 0.05) is 38.7 Å². The fraction of sp³-hybridized carbons (Fsp3) is 0.333. The van der Waals surface area contributed by atoms with Crippen molar-refractivity contribution >= 4 is 17.5 Å². The summed E-state index contributed by atoms with van der Waals surface area (Å²) < 4.78 is 0. The summed E-state index contributed by atoms with van der Waals surface area (Å²) in [5.41, 5.74) is 4.48. The number of rotatable bonds is 4. The van der Waals surface area contributed by atoms with Crippen LogP contribution in [0, 0.1) is 6.92 Å². The standard InChI is InChI=1S/C21H24N2O2/c1-16-7-3-6-10-20(16)23(17(2)24)14-12-21(25)22-13-11-18-8-4-5-9-19(18)15-22/h3-10H,11-15H2,1-2H3. The van der Waals surface area contributed by atoms with Crippen LogP contribution in [0.2, 0.25) is 0 Å². The summed E-state index contributed by atoms with van der Waals surface area (Å²) >= 11 is 0. The number of fused-ring (bicyclic) bond motifs is 1. The molecule has 0 fully saturated rings. The lowest BCUT2D eigenvalue weighted by molar-refractivity contribution is -0.131. The van der Waals surface area contributed by atoms with E-state index >= 15 is 0 Å². The van der Waals surface area contributed by atoms with Crippen molar-refractivity contribution in [3.8, 4) is 0 Å². The molecular weight excluding hydrogens is 312 g/mol. The first kappa shape index (κ1) is 17.2. The summed E-state index contributed by atoms with van der Waals surface area (Å²) in [5, 5.41) is 0. The average molecular weight is 336 g/mol. The topological polar surface area (TPSA) is 40.6 Å². The van der Waals surface area contributed by atoms with Gasteiger partial charge in [-0.15, -0.1) is 0 Å². The molecule has 2 amide bonds. The van der Waals surface area contributed by atoms with Crippen molar-refractivity contribution in [1.82, 2.24) is 4.90 Å². The molecule has 4 nitrogen and oxygen atoms in total. The SMILES string of the molecule is CC(=O)N(CCC(=O)N1CCc2ccccc2C1)c1ccccc1C. The molecule has 4 heteroatoms. The quantitative estimate of drug-likeness (QED) is 0.859. The number of carbonyl (C=O) groups is 2. The highest BCUT2D eigenvalue weighted by molar-refractivity contribution is 5.93. The van der Waals surface area contributed by atoms with Crippen molar-refractivity contribution in [3.05, 3.63) is 65.2 Å². The summed E-state index contributed by atoms with van der Waals surface area (Å²) in [6.45, 7) is 5.36. The van der Waals surface area contributed by atoms with Gasteiger partial charge in [-0.2, -0.15) is 0 Å². The van der Waals surface area contributed by atoms with E-state index in [-0.39, 0.29) is 11.8 Å². The zero-order chi connectivity index (χ0) is 17.8. The monoisotopic (exact) mass is 336 g/mol. The van der Waals surface area contributed by atoms with Gasteiger partial charge in [0.1, 0.15) is 0 Å². The van der Waals surface area contributed by atoms with E-state index in [1.54, 1.807) is 11.8 Å². The summed E-state index contributed by atoms with van der Waals surface area (Å²) in [6, 6.07) is 16.1. The second kappa shape index (κ2) is 7.51. The van der Waals surface area contributed by atoms with Crippen LogP contribution >= 0.6 is 0 Å². The third kappa shape index (κ3) is 3.90. The van der Waals surface area contributed by atoms with E-state index < -0.39 is 0 Å². The molecule has 0 spiro atoms. The second-order valence-corrected chi connectivity index (χ2v) is 6.54. The Bertz CT molecular complexity index is 785. The highest BCUT2D eigenvalue weighted by Crippen LogP contribution is 2.22. The Labute approximate surface area is 149 Å². The zero-order valence-electron chi connectivity index (χ0n) is 14.9. The molecule has 1 heterocycles. The number of benzene rings is 2. The van der Waals surface area contributed by atoms with Crippen molar-refractivity contribution < 1.29 is 9.59 Å². The molecule has 2 aromatic carbocycles. The maximum Gasteiger partial charge on any atom is 0.224 e. The Balaban J connectivity index is 1.65. The number of carbonyl (C=O) groups excluding carboxylic acids is 2. The Morgan fingerprint density at radius 2 is 1.72 bits per heavy atom. The van der Waals surface area contributed by atoms with Gasteiger partial charge in [0.15, 0.2) is 0 Å². The molecule has 0 aromatic heterocycles. The van der Waals surface area contributed by atoms with E-state index in [4.69, 9.17) is 0 Å². The van der Waals surface area contributed by atoms with Gasteiger partial charge in [-0.1, -0.05) is 42.5 Å². The Morgan fingerprint density at radius 3 is 2.44 bits per heavy atom. The van der Waals surface area contributed by atoms with Gasteiger partial charge in [0.25, 0.3) is 0 Å². The lowest BCUT2D eigenvalue weighted by Crippen LogP contribution is -2.39. The van der Waals surface area contributed by atoms with Crippen molar-refractivity contribution in [1.29, 1.82) is 0 Å².